The molecule has 9 atom stereocenters. The molecule has 8 unspecified atom stereocenters. The third kappa shape index (κ3) is 5.86. The molecule has 0 spiro atoms. The molecule has 6 nitrogen and oxygen atoms in total. The third-order valence-electron chi connectivity index (χ3n) is 15.8. The van der Waals surface area contributed by atoms with Crippen LogP contribution in [-0.4, -0.2) is 35.9 Å². The van der Waals surface area contributed by atoms with Crippen LogP contribution in [0, 0.1) is 50.7 Å². The van der Waals surface area contributed by atoms with E-state index in [9.17, 15) is 19.5 Å². The second-order valence-electron chi connectivity index (χ2n) is 18.1. The Balaban J connectivity index is 1.14. The molecule has 0 saturated heterocycles. The number of amides is 2. The van der Waals surface area contributed by atoms with Crippen molar-refractivity contribution in [3.63, 3.8) is 0 Å². The SMILES string of the molecule is CCCC1(C(=O)NCCc2cccc(C(=O)Nc3cccc(C=O)c3)c2)CC[C@]2(C)C(CCC3C4(C)CCC(O)C(C)(C)C4CCC32C)C1C. The average Bonchev–Trinajstić information content (AvgIpc) is 3.09. The molecule has 2 aromatic rings. The van der Waals surface area contributed by atoms with E-state index in [0.29, 0.717) is 53.5 Å². The van der Waals surface area contributed by atoms with Gasteiger partial charge in [-0.2, -0.15) is 0 Å². The summed E-state index contributed by atoms with van der Waals surface area (Å²) in [6, 6.07) is 14.5. The number of carbonyl (C=O) groups is 3. The van der Waals surface area contributed by atoms with Crippen LogP contribution in [0.3, 0.4) is 0 Å². The van der Waals surface area contributed by atoms with Crippen molar-refractivity contribution in [3.05, 3.63) is 65.2 Å². The fourth-order valence-corrected chi connectivity index (χ4v) is 12.8. The van der Waals surface area contributed by atoms with Gasteiger partial charge in [0.05, 0.1) is 11.5 Å². The normalized spacial score (nSPS) is 37.4. The zero-order chi connectivity index (χ0) is 36.1. The number of anilines is 1. The standard InChI is InChI=1S/C44H62N2O4/c1-8-20-44(39(50)45-25-19-30-11-9-13-32(26-30)38(49)46-33-14-10-12-31(27-33)28-47)24-23-42(6)34(29(44)2)15-16-36-41(5)21-18-37(48)40(3,4)35(41)17-22-43(36,42)7/h9-14,26-29,34-37,48H,8,15-25H2,1-7H3,(H,45,50)(H,46,49)/t29?,34?,35?,36?,37?,41?,42-,43?,44?/m1/s1. The van der Waals surface area contributed by atoms with E-state index in [-0.39, 0.29) is 45.0 Å². The quantitative estimate of drug-likeness (QED) is 0.230. The van der Waals surface area contributed by atoms with Crippen LogP contribution in [0.5, 0.6) is 0 Å². The summed E-state index contributed by atoms with van der Waals surface area (Å²) in [6.45, 7) is 17.6. The number of aliphatic hydroxyl groups excluding tert-OH is 1. The molecule has 50 heavy (non-hydrogen) atoms. The van der Waals surface area contributed by atoms with Crippen molar-refractivity contribution in [2.24, 2.45) is 50.7 Å². The summed E-state index contributed by atoms with van der Waals surface area (Å²) in [5.74, 6) is 2.01. The van der Waals surface area contributed by atoms with E-state index in [1.165, 1.54) is 25.7 Å². The Labute approximate surface area is 301 Å². The maximum Gasteiger partial charge on any atom is 0.255 e. The second kappa shape index (κ2) is 13.5. The Morgan fingerprint density at radius 3 is 2.38 bits per heavy atom. The third-order valence-corrected chi connectivity index (χ3v) is 15.8. The first-order chi connectivity index (χ1) is 23.7. The van der Waals surface area contributed by atoms with Gasteiger partial charge in [-0.25, -0.2) is 0 Å². The molecule has 4 fully saturated rings. The van der Waals surface area contributed by atoms with E-state index in [1.807, 2.05) is 18.2 Å². The monoisotopic (exact) mass is 682 g/mol. The molecule has 0 radical (unpaired) electrons. The van der Waals surface area contributed by atoms with E-state index < -0.39 is 0 Å². The van der Waals surface area contributed by atoms with Crippen LogP contribution in [0.25, 0.3) is 0 Å². The Morgan fingerprint density at radius 2 is 1.64 bits per heavy atom. The van der Waals surface area contributed by atoms with Gasteiger partial charge >= 0.3 is 0 Å². The number of rotatable bonds is 9. The molecule has 4 aliphatic rings. The number of carbonyl (C=O) groups excluding carboxylic acids is 3. The highest BCUT2D eigenvalue weighted by molar-refractivity contribution is 6.04. The van der Waals surface area contributed by atoms with Crippen LogP contribution < -0.4 is 10.6 Å². The van der Waals surface area contributed by atoms with E-state index in [4.69, 9.17) is 0 Å². The number of fused-ring (bicyclic) bond motifs is 5. The lowest BCUT2D eigenvalue weighted by molar-refractivity contribution is -0.246. The summed E-state index contributed by atoms with van der Waals surface area (Å²) < 4.78 is 0. The van der Waals surface area contributed by atoms with E-state index >= 15 is 0 Å². The summed E-state index contributed by atoms with van der Waals surface area (Å²) in [5.41, 5.74) is 2.92. The van der Waals surface area contributed by atoms with E-state index in [2.05, 4.69) is 59.1 Å². The minimum atomic E-state index is -0.363. The Kier molecular flexibility index (Phi) is 9.95. The summed E-state index contributed by atoms with van der Waals surface area (Å²) in [7, 11) is 0. The largest absolute Gasteiger partial charge is 0.393 e. The van der Waals surface area contributed by atoms with E-state index in [1.54, 1.807) is 30.3 Å². The molecule has 0 heterocycles. The highest BCUT2D eigenvalue weighted by atomic mass is 16.3. The van der Waals surface area contributed by atoms with Crippen LogP contribution in [-0.2, 0) is 11.2 Å². The smallest absolute Gasteiger partial charge is 0.255 e. The van der Waals surface area contributed by atoms with Crippen molar-refractivity contribution >= 4 is 23.8 Å². The number of aldehydes is 1. The van der Waals surface area contributed by atoms with Gasteiger partial charge in [-0.15, -0.1) is 0 Å². The molecule has 6 heteroatoms. The fourth-order valence-electron chi connectivity index (χ4n) is 12.8. The number of benzene rings is 2. The van der Waals surface area contributed by atoms with Gasteiger partial charge in [-0.3, -0.25) is 14.4 Å². The topological polar surface area (TPSA) is 95.5 Å². The molecule has 0 bridgehead atoms. The maximum atomic E-state index is 14.4. The van der Waals surface area contributed by atoms with Crippen molar-refractivity contribution in [2.75, 3.05) is 11.9 Å². The molecule has 4 aliphatic carbocycles. The lowest BCUT2D eigenvalue weighted by atomic mass is 9.32. The van der Waals surface area contributed by atoms with Crippen molar-refractivity contribution in [3.8, 4) is 0 Å². The Hall–Kier alpha value is -2.99. The fraction of sp³-hybridized carbons (Fsp3) is 0.659. The number of hydrogen-bond acceptors (Lipinski definition) is 4. The van der Waals surface area contributed by atoms with Gasteiger partial charge in [0.15, 0.2) is 0 Å². The van der Waals surface area contributed by atoms with Crippen LogP contribution in [0.2, 0.25) is 0 Å². The molecule has 0 aliphatic heterocycles. The minimum Gasteiger partial charge on any atom is -0.393 e. The molecule has 272 valence electrons. The highest BCUT2D eigenvalue weighted by Gasteiger charge is 2.69. The van der Waals surface area contributed by atoms with Gasteiger partial charge < -0.3 is 15.7 Å². The van der Waals surface area contributed by atoms with Crippen molar-refractivity contribution in [2.45, 2.75) is 125 Å². The Bertz CT molecular complexity index is 1600. The number of hydrogen-bond donors (Lipinski definition) is 3. The van der Waals surface area contributed by atoms with Gasteiger partial charge in [0, 0.05) is 23.4 Å². The molecular formula is C44H62N2O4. The summed E-state index contributed by atoms with van der Waals surface area (Å²) >= 11 is 0. The van der Waals surface area contributed by atoms with E-state index in [0.717, 1.165) is 50.4 Å². The predicted molar refractivity (Wildman–Crippen MR) is 201 cm³/mol. The van der Waals surface area contributed by atoms with Crippen molar-refractivity contribution in [1.29, 1.82) is 0 Å². The Morgan fingerprint density at radius 1 is 0.880 bits per heavy atom. The summed E-state index contributed by atoms with van der Waals surface area (Å²) in [6.07, 6.45) is 12.0. The summed E-state index contributed by atoms with van der Waals surface area (Å²) in [5, 5.41) is 17.3. The molecule has 2 amide bonds. The maximum absolute atomic E-state index is 14.4. The summed E-state index contributed by atoms with van der Waals surface area (Å²) in [4.78, 5) is 38.6. The molecule has 3 N–H and O–H groups in total. The van der Waals surface area contributed by atoms with Crippen molar-refractivity contribution in [1.82, 2.24) is 5.32 Å². The van der Waals surface area contributed by atoms with Gasteiger partial charge in [0.25, 0.3) is 5.91 Å². The van der Waals surface area contributed by atoms with Crippen LogP contribution in [0.4, 0.5) is 5.69 Å². The number of aliphatic hydroxyl groups is 1. The van der Waals surface area contributed by atoms with Crippen LogP contribution in [0.1, 0.15) is 139 Å². The number of nitrogens with one attached hydrogen (secondary N) is 2. The first-order valence-electron chi connectivity index (χ1n) is 19.6. The van der Waals surface area contributed by atoms with Gasteiger partial charge in [0.2, 0.25) is 5.91 Å². The molecule has 2 aromatic carbocycles. The zero-order valence-corrected chi connectivity index (χ0v) is 31.7. The molecule has 6 rings (SSSR count). The first kappa shape index (κ1) is 36.8. The molecule has 0 aromatic heterocycles. The molecule has 4 saturated carbocycles. The highest BCUT2D eigenvalue weighted by Crippen LogP contribution is 2.75. The lowest BCUT2D eigenvalue weighted by Gasteiger charge is -2.72. The van der Waals surface area contributed by atoms with Gasteiger partial charge in [0.1, 0.15) is 6.29 Å². The minimum absolute atomic E-state index is 0.0432. The first-order valence-corrected chi connectivity index (χ1v) is 19.6. The zero-order valence-electron chi connectivity index (χ0n) is 31.7. The molecular weight excluding hydrogens is 620 g/mol. The lowest BCUT2D eigenvalue weighted by Crippen LogP contribution is -2.67. The van der Waals surface area contributed by atoms with Crippen LogP contribution >= 0.6 is 0 Å². The second-order valence-corrected chi connectivity index (χ2v) is 18.1. The van der Waals surface area contributed by atoms with Crippen LogP contribution in [0.15, 0.2) is 48.5 Å². The van der Waals surface area contributed by atoms with Gasteiger partial charge in [-0.1, -0.05) is 79.2 Å². The predicted octanol–water partition coefficient (Wildman–Crippen LogP) is 9.26. The van der Waals surface area contributed by atoms with Gasteiger partial charge in [-0.05, 0) is 139 Å². The van der Waals surface area contributed by atoms with Crippen molar-refractivity contribution < 1.29 is 19.5 Å². The average molecular weight is 683 g/mol.